The van der Waals surface area contributed by atoms with Crippen molar-refractivity contribution in [2.24, 2.45) is 17.8 Å². The highest BCUT2D eigenvalue weighted by Gasteiger charge is 2.50. The number of nitrogens with one attached hydrogen (secondary N) is 2. The fraction of sp³-hybridized carbons (Fsp3) is 0.667. The van der Waals surface area contributed by atoms with E-state index in [-0.39, 0.29) is 12.4 Å². The summed E-state index contributed by atoms with van der Waals surface area (Å²) in [6.45, 7) is 1.03. The van der Waals surface area contributed by atoms with Crippen LogP contribution in [0.2, 0.25) is 0 Å². The van der Waals surface area contributed by atoms with Gasteiger partial charge >= 0.3 is 0 Å². The molecule has 3 heteroatoms. The Morgan fingerprint density at radius 3 is 2.05 bits per heavy atom. The summed E-state index contributed by atoms with van der Waals surface area (Å²) in [6.07, 6.45) is 9.91. The summed E-state index contributed by atoms with van der Waals surface area (Å²) in [7, 11) is 0. The van der Waals surface area contributed by atoms with Crippen LogP contribution in [0.15, 0.2) is 30.3 Å². The van der Waals surface area contributed by atoms with Gasteiger partial charge in [0.25, 0.3) is 0 Å². The predicted octanol–water partition coefficient (Wildman–Crippen LogP) is 3.71. The molecule has 4 bridgehead atoms. The van der Waals surface area contributed by atoms with Crippen LogP contribution in [0.5, 0.6) is 0 Å². The zero-order valence-electron chi connectivity index (χ0n) is 12.7. The molecule has 2 N–H and O–H groups in total. The van der Waals surface area contributed by atoms with Crippen LogP contribution in [-0.4, -0.2) is 12.1 Å². The molecule has 1 aromatic carbocycles. The van der Waals surface area contributed by atoms with Crippen molar-refractivity contribution in [2.75, 3.05) is 6.54 Å². The summed E-state index contributed by atoms with van der Waals surface area (Å²) in [5, 5.41) is 0. The Bertz CT molecular complexity index is 424. The van der Waals surface area contributed by atoms with E-state index in [1.54, 1.807) is 0 Å². The third-order valence-corrected chi connectivity index (χ3v) is 5.77. The highest BCUT2D eigenvalue weighted by atomic mass is 35.5. The minimum absolute atomic E-state index is 0. The lowest BCUT2D eigenvalue weighted by atomic mass is 9.53. The maximum Gasteiger partial charge on any atom is 0.0331 e. The normalized spacial score (nSPS) is 36.5. The van der Waals surface area contributed by atoms with Crippen molar-refractivity contribution in [1.82, 2.24) is 10.9 Å². The maximum absolute atomic E-state index is 3.75. The fourth-order valence-corrected chi connectivity index (χ4v) is 5.37. The molecule has 4 fully saturated rings. The molecule has 0 aliphatic heterocycles. The summed E-state index contributed by atoms with van der Waals surface area (Å²) < 4.78 is 0. The average Bonchev–Trinajstić information content (AvgIpc) is 2.43. The number of hydrogen-bond donors (Lipinski definition) is 2. The molecule has 0 saturated heterocycles. The first-order valence-corrected chi connectivity index (χ1v) is 8.35. The summed E-state index contributed by atoms with van der Waals surface area (Å²) in [6, 6.07) is 10.8. The number of halogens is 1. The molecule has 0 heterocycles. The average molecular weight is 307 g/mol. The predicted molar refractivity (Wildman–Crippen MR) is 89.4 cm³/mol. The summed E-state index contributed by atoms with van der Waals surface area (Å²) >= 11 is 0. The molecule has 4 aliphatic carbocycles. The topological polar surface area (TPSA) is 24.1 Å². The van der Waals surface area contributed by atoms with Gasteiger partial charge in [0.05, 0.1) is 0 Å². The molecule has 2 nitrogen and oxygen atoms in total. The standard InChI is InChI=1S/C18H26N2.ClH/c1-2-4-14(5-3-1)6-7-19-20-18-11-15-8-16(12-18)10-17(9-15)13-18;/h1-5,15-17,19-20H,6-13H2;1H. The Kier molecular flexibility index (Phi) is 4.58. The quantitative estimate of drug-likeness (QED) is 0.640. The van der Waals surface area contributed by atoms with E-state index in [9.17, 15) is 0 Å². The van der Waals surface area contributed by atoms with Crippen LogP contribution in [0.4, 0.5) is 0 Å². The van der Waals surface area contributed by atoms with Crippen LogP contribution in [-0.2, 0) is 6.42 Å². The monoisotopic (exact) mass is 306 g/mol. The second-order valence-corrected chi connectivity index (χ2v) is 7.49. The molecule has 4 aliphatic rings. The molecule has 0 amide bonds. The lowest BCUT2D eigenvalue weighted by Gasteiger charge is -2.57. The first-order chi connectivity index (χ1) is 9.81. The van der Waals surface area contributed by atoms with Crippen molar-refractivity contribution in [3.05, 3.63) is 35.9 Å². The van der Waals surface area contributed by atoms with E-state index in [0.717, 1.165) is 30.7 Å². The highest BCUT2D eigenvalue weighted by molar-refractivity contribution is 5.85. The second-order valence-electron chi connectivity index (χ2n) is 7.49. The van der Waals surface area contributed by atoms with Gasteiger partial charge < -0.3 is 0 Å². The molecule has 5 rings (SSSR count). The number of hydrogen-bond acceptors (Lipinski definition) is 2. The Hall–Kier alpha value is -0.570. The lowest BCUT2D eigenvalue weighted by Crippen LogP contribution is -2.62. The van der Waals surface area contributed by atoms with Crippen LogP contribution in [0, 0.1) is 17.8 Å². The number of benzene rings is 1. The molecular formula is C18H27ClN2. The van der Waals surface area contributed by atoms with Gasteiger partial charge in [-0.3, -0.25) is 10.9 Å². The third kappa shape index (κ3) is 3.28. The van der Waals surface area contributed by atoms with E-state index in [1.807, 2.05) is 0 Å². The van der Waals surface area contributed by atoms with Gasteiger partial charge in [-0.2, -0.15) is 0 Å². The van der Waals surface area contributed by atoms with Gasteiger partial charge in [-0.1, -0.05) is 30.3 Å². The van der Waals surface area contributed by atoms with E-state index in [1.165, 1.54) is 44.1 Å². The van der Waals surface area contributed by atoms with Crippen molar-refractivity contribution in [1.29, 1.82) is 0 Å². The SMILES string of the molecule is Cl.c1ccc(CCNNC23CC4CC(CC(C4)C2)C3)cc1. The third-order valence-electron chi connectivity index (χ3n) is 5.77. The molecule has 21 heavy (non-hydrogen) atoms. The van der Waals surface area contributed by atoms with Gasteiger partial charge in [-0.25, -0.2) is 0 Å². The second kappa shape index (κ2) is 6.28. The highest BCUT2D eigenvalue weighted by Crippen LogP contribution is 2.55. The number of hydrazine groups is 1. The van der Waals surface area contributed by atoms with Crippen LogP contribution in [0.25, 0.3) is 0 Å². The van der Waals surface area contributed by atoms with Crippen molar-refractivity contribution < 1.29 is 0 Å². The van der Waals surface area contributed by atoms with Crippen LogP contribution in [0.3, 0.4) is 0 Å². The minimum Gasteiger partial charge on any atom is -0.257 e. The Morgan fingerprint density at radius 1 is 0.905 bits per heavy atom. The maximum atomic E-state index is 3.75. The van der Waals surface area contributed by atoms with Crippen molar-refractivity contribution >= 4 is 12.4 Å². The Labute approximate surface area is 134 Å². The molecule has 4 saturated carbocycles. The summed E-state index contributed by atoms with van der Waals surface area (Å²) in [5.41, 5.74) is 9.15. The van der Waals surface area contributed by atoms with Gasteiger partial charge in [0, 0.05) is 12.1 Å². The van der Waals surface area contributed by atoms with Gasteiger partial charge in [-0.05, 0) is 68.3 Å². The van der Waals surface area contributed by atoms with Crippen molar-refractivity contribution in [3.8, 4) is 0 Å². The fourth-order valence-electron chi connectivity index (χ4n) is 5.37. The van der Waals surface area contributed by atoms with E-state index in [2.05, 4.69) is 41.2 Å². The Morgan fingerprint density at radius 2 is 1.48 bits per heavy atom. The summed E-state index contributed by atoms with van der Waals surface area (Å²) in [5.74, 6) is 3.05. The zero-order valence-corrected chi connectivity index (χ0v) is 13.5. The first-order valence-electron chi connectivity index (χ1n) is 8.35. The molecule has 0 aromatic heterocycles. The minimum atomic E-state index is 0. The van der Waals surface area contributed by atoms with Gasteiger partial charge in [-0.15, -0.1) is 12.4 Å². The first kappa shape index (κ1) is 15.3. The van der Waals surface area contributed by atoms with Gasteiger partial charge in [0.15, 0.2) is 0 Å². The van der Waals surface area contributed by atoms with Gasteiger partial charge in [0.1, 0.15) is 0 Å². The lowest BCUT2D eigenvalue weighted by molar-refractivity contribution is -0.0266. The van der Waals surface area contributed by atoms with E-state index >= 15 is 0 Å². The molecule has 0 atom stereocenters. The van der Waals surface area contributed by atoms with Gasteiger partial charge in [0.2, 0.25) is 0 Å². The van der Waals surface area contributed by atoms with E-state index < -0.39 is 0 Å². The molecule has 0 unspecified atom stereocenters. The largest absolute Gasteiger partial charge is 0.257 e. The van der Waals surface area contributed by atoms with E-state index in [0.29, 0.717) is 5.54 Å². The Balaban J connectivity index is 0.00000132. The van der Waals surface area contributed by atoms with E-state index in [4.69, 9.17) is 0 Å². The smallest absolute Gasteiger partial charge is 0.0331 e. The summed E-state index contributed by atoms with van der Waals surface area (Å²) in [4.78, 5) is 0. The van der Waals surface area contributed by atoms with Crippen molar-refractivity contribution in [3.63, 3.8) is 0 Å². The number of rotatable bonds is 5. The zero-order chi connectivity index (χ0) is 13.4. The van der Waals surface area contributed by atoms with Crippen molar-refractivity contribution in [2.45, 2.75) is 50.5 Å². The molecular weight excluding hydrogens is 280 g/mol. The molecule has 0 spiro atoms. The van der Waals surface area contributed by atoms with Crippen LogP contribution >= 0.6 is 12.4 Å². The molecule has 116 valence electrons. The van der Waals surface area contributed by atoms with Crippen LogP contribution in [0.1, 0.15) is 44.1 Å². The molecule has 0 radical (unpaired) electrons. The molecule has 1 aromatic rings. The van der Waals surface area contributed by atoms with Crippen LogP contribution < -0.4 is 10.9 Å².